The first-order valence-electron chi connectivity index (χ1n) is 7.50. The molecule has 0 bridgehead atoms. The summed E-state index contributed by atoms with van der Waals surface area (Å²) in [6.45, 7) is 3.53. The molecule has 1 aromatic rings. The molecule has 0 fully saturated rings. The number of unbranched alkanes of at least 4 members (excludes halogenated alkanes) is 2. The fraction of sp³-hybridized carbons (Fsp3) is 0.375. The van der Waals surface area contributed by atoms with Gasteiger partial charge in [-0.05, 0) is 25.5 Å². The average molecular weight is 318 g/mol. The van der Waals surface area contributed by atoms with Crippen molar-refractivity contribution < 1.29 is 14.8 Å². The molecule has 7 heteroatoms. The molecule has 2 amide bonds. The Hall–Kier alpha value is -2.70. The molecule has 0 aliphatic carbocycles. The largest absolute Gasteiger partial charge is 0.410 e. The van der Waals surface area contributed by atoms with Gasteiger partial charge in [0.1, 0.15) is 0 Å². The highest BCUT2D eigenvalue weighted by atomic mass is 16.4. The number of nitrogens with one attached hydrogen (secondary N) is 2. The normalized spacial score (nSPS) is 11.9. The molecule has 0 aromatic heterocycles. The summed E-state index contributed by atoms with van der Waals surface area (Å²) in [6.07, 6.45) is 3.15. The van der Waals surface area contributed by atoms with Crippen molar-refractivity contribution in [3.05, 3.63) is 30.3 Å². The molecule has 0 saturated heterocycles. The van der Waals surface area contributed by atoms with Gasteiger partial charge in [0.15, 0.2) is 5.71 Å². The highest BCUT2D eigenvalue weighted by Crippen LogP contribution is 2.05. The van der Waals surface area contributed by atoms with E-state index in [2.05, 4.69) is 27.9 Å². The molecule has 124 valence electrons. The molecule has 3 N–H and O–H groups in total. The van der Waals surface area contributed by atoms with Crippen LogP contribution in [0.5, 0.6) is 0 Å². The Morgan fingerprint density at radius 2 is 1.87 bits per heavy atom. The molecule has 0 radical (unpaired) electrons. The maximum Gasteiger partial charge on any atom is 0.279 e. The number of amides is 2. The Balaban J connectivity index is 2.60. The van der Waals surface area contributed by atoms with E-state index in [0.717, 1.165) is 19.3 Å². The lowest BCUT2D eigenvalue weighted by atomic mass is 10.2. The Bertz CT molecular complexity index is 582. The van der Waals surface area contributed by atoms with Gasteiger partial charge in [0.05, 0.1) is 5.71 Å². The first-order chi connectivity index (χ1) is 11.1. The summed E-state index contributed by atoms with van der Waals surface area (Å²) >= 11 is 0. The summed E-state index contributed by atoms with van der Waals surface area (Å²) in [4.78, 5) is 23.6. The molecule has 1 rings (SSSR count). The number of hydrazone groups is 1. The lowest BCUT2D eigenvalue weighted by Crippen LogP contribution is -2.31. The van der Waals surface area contributed by atoms with E-state index in [1.807, 2.05) is 6.07 Å². The maximum absolute atomic E-state index is 12.0. The van der Waals surface area contributed by atoms with E-state index in [4.69, 9.17) is 5.21 Å². The third-order valence-corrected chi connectivity index (χ3v) is 3.05. The van der Waals surface area contributed by atoms with Gasteiger partial charge in [0.25, 0.3) is 5.91 Å². The summed E-state index contributed by atoms with van der Waals surface area (Å²) in [7, 11) is 0. The zero-order valence-electron chi connectivity index (χ0n) is 13.4. The molecule has 7 nitrogen and oxygen atoms in total. The van der Waals surface area contributed by atoms with Gasteiger partial charge in [-0.2, -0.15) is 5.10 Å². The van der Waals surface area contributed by atoms with E-state index in [1.54, 1.807) is 24.3 Å². The molecule has 0 unspecified atom stereocenters. The molecular formula is C16H22N4O3. The molecule has 0 aliphatic rings. The van der Waals surface area contributed by atoms with Crippen molar-refractivity contribution in [1.82, 2.24) is 5.43 Å². The van der Waals surface area contributed by atoms with Crippen LogP contribution >= 0.6 is 0 Å². The van der Waals surface area contributed by atoms with Crippen molar-refractivity contribution in [3.63, 3.8) is 0 Å². The predicted octanol–water partition coefficient (Wildman–Crippen LogP) is 2.53. The van der Waals surface area contributed by atoms with Gasteiger partial charge in [-0.3, -0.25) is 9.59 Å². The Kier molecular flexibility index (Phi) is 8.06. The number of benzene rings is 1. The first kappa shape index (κ1) is 18.3. The number of rotatable bonds is 8. The number of carbonyl (C=O) groups excluding carboxylic acids is 2. The predicted molar refractivity (Wildman–Crippen MR) is 89.7 cm³/mol. The number of hydrogen-bond donors (Lipinski definition) is 3. The second kappa shape index (κ2) is 10.1. The van der Waals surface area contributed by atoms with Crippen LogP contribution in [0.25, 0.3) is 0 Å². The smallest absolute Gasteiger partial charge is 0.279 e. The van der Waals surface area contributed by atoms with E-state index in [1.165, 1.54) is 6.92 Å². The lowest BCUT2D eigenvalue weighted by molar-refractivity contribution is -0.121. The minimum atomic E-state index is -0.611. The summed E-state index contributed by atoms with van der Waals surface area (Å²) in [5, 5.41) is 18.4. The van der Waals surface area contributed by atoms with Gasteiger partial charge in [0, 0.05) is 12.1 Å². The molecule has 0 aliphatic heterocycles. The third kappa shape index (κ3) is 6.73. The van der Waals surface area contributed by atoms with Gasteiger partial charge < -0.3 is 10.5 Å². The third-order valence-electron chi connectivity index (χ3n) is 3.05. The van der Waals surface area contributed by atoms with Crippen molar-refractivity contribution in [2.75, 3.05) is 5.32 Å². The van der Waals surface area contributed by atoms with E-state index >= 15 is 0 Å². The quantitative estimate of drug-likeness (QED) is 0.297. The Morgan fingerprint density at radius 3 is 2.48 bits per heavy atom. The number of carbonyl (C=O) groups is 2. The van der Waals surface area contributed by atoms with Crippen LogP contribution in [0.2, 0.25) is 0 Å². The van der Waals surface area contributed by atoms with Crippen LogP contribution in [0.15, 0.2) is 40.6 Å². The van der Waals surface area contributed by atoms with Crippen LogP contribution < -0.4 is 10.7 Å². The summed E-state index contributed by atoms with van der Waals surface area (Å²) < 4.78 is 0. The highest BCUT2D eigenvalue weighted by Gasteiger charge is 2.16. The molecule has 0 atom stereocenters. The molecular weight excluding hydrogens is 296 g/mol. The second-order valence-corrected chi connectivity index (χ2v) is 4.96. The summed E-state index contributed by atoms with van der Waals surface area (Å²) in [6, 6.07) is 8.76. The van der Waals surface area contributed by atoms with Crippen LogP contribution in [-0.2, 0) is 9.59 Å². The van der Waals surface area contributed by atoms with E-state index in [-0.39, 0.29) is 17.3 Å². The van der Waals surface area contributed by atoms with E-state index in [9.17, 15) is 9.59 Å². The van der Waals surface area contributed by atoms with E-state index < -0.39 is 5.91 Å². The molecule has 23 heavy (non-hydrogen) atoms. The van der Waals surface area contributed by atoms with Gasteiger partial charge in [-0.15, -0.1) is 0 Å². The van der Waals surface area contributed by atoms with Crippen LogP contribution in [0.4, 0.5) is 5.69 Å². The van der Waals surface area contributed by atoms with Crippen LogP contribution in [0.3, 0.4) is 0 Å². The number of anilines is 1. The van der Waals surface area contributed by atoms with Crippen molar-refractivity contribution in [2.24, 2.45) is 10.3 Å². The van der Waals surface area contributed by atoms with Gasteiger partial charge in [0.2, 0.25) is 5.91 Å². The first-order valence-corrected chi connectivity index (χ1v) is 7.50. The second-order valence-electron chi connectivity index (χ2n) is 4.96. The molecule has 0 saturated carbocycles. The van der Waals surface area contributed by atoms with Gasteiger partial charge in [-0.25, -0.2) is 5.43 Å². The number of para-hydroxylation sites is 1. The van der Waals surface area contributed by atoms with Crippen LogP contribution in [0.1, 0.15) is 39.5 Å². The van der Waals surface area contributed by atoms with Crippen molar-refractivity contribution in [2.45, 2.75) is 39.5 Å². The SMILES string of the molecule is CCCCCC(=O)N/N=C(C)/C(=N\O)C(=O)Nc1ccccc1. The Morgan fingerprint density at radius 1 is 1.17 bits per heavy atom. The summed E-state index contributed by atoms with van der Waals surface area (Å²) in [5.74, 6) is -0.848. The molecule has 0 spiro atoms. The standard InChI is InChI=1S/C16H22N4O3/c1-3-4-6-11-14(21)19-18-12(2)15(20-23)16(22)17-13-9-7-5-8-10-13/h5,7-10,23H,3-4,6,11H2,1-2H3,(H,17,22)(H,19,21)/b18-12+,20-15+. The van der Waals surface area contributed by atoms with Gasteiger partial charge >= 0.3 is 0 Å². The maximum atomic E-state index is 12.0. The van der Waals surface area contributed by atoms with Crippen molar-refractivity contribution in [3.8, 4) is 0 Å². The zero-order valence-corrected chi connectivity index (χ0v) is 13.4. The summed E-state index contributed by atoms with van der Waals surface area (Å²) in [5.41, 5.74) is 2.77. The monoisotopic (exact) mass is 318 g/mol. The van der Waals surface area contributed by atoms with Crippen molar-refractivity contribution >= 4 is 28.9 Å². The number of nitrogens with zero attached hydrogens (tertiary/aromatic N) is 2. The Labute approximate surface area is 135 Å². The fourth-order valence-corrected chi connectivity index (χ4v) is 1.78. The van der Waals surface area contributed by atoms with Crippen LogP contribution in [-0.4, -0.2) is 28.4 Å². The minimum Gasteiger partial charge on any atom is -0.410 e. The highest BCUT2D eigenvalue weighted by molar-refractivity contribution is 6.68. The zero-order chi connectivity index (χ0) is 17.1. The van der Waals surface area contributed by atoms with E-state index in [0.29, 0.717) is 12.1 Å². The average Bonchev–Trinajstić information content (AvgIpc) is 2.55. The fourth-order valence-electron chi connectivity index (χ4n) is 1.78. The molecule has 1 aromatic carbocycles. The topological polar surface area (TPSA) is 103 Å². The lowest BCUT2D eigenvalue weighted by Gasteiger charge is -2.06. The number of oxime groups is 1. The van der Waals surface area contributed by atoms with Gasteiger partial charge in [-0.1, -0.05) is 43.1 Å². The molecule has 0 heterocycles. The minimum absolute atomic E-state index is 0.116. The van der Waals surface area contributed by atoms with Crippen molar-refractivity contribution in [1.29, 1.82) is 0 Å². The number of hydrogen-bond acceptors (Lipinski definition) is 5. The van der Waals surface area contributed by atoms with Crippen LogP contribution in [0, 0.1) is 0 Å².